The number of ether oxygens (including phenoxy) is 1. The van der Waals surface area contributed by atoms with E-state index >= 15 is 0 Å². The second-order valence-electron chi connectivity index (χ2n) is 2.80. The summed E-state index contributed by atoms with van der Waals surface area (Å²) in [5, 5.41) is 0. The summed E-state index contributed by atoms with van der Waals surface area (Å²) in [6.07, 6.45) is 5.69. The Hall–Kier alpha value is -2.04. The fourth-order valence-corrected chi connectivity index (χ4v) is 1.21. The first-order valence-corrected chi connectivity index (χ1v) is 4.27. The molecule has 2 heterocycles. The van der Waals surface area contributed by atoms with Crippen LogP contribution >= 0.6 is 0 Å². The molecule has 76 valence electrons. The molecular weight excluding hydrogens is 197 g/mol. The van der Waals surface area contributed by atoms with Crippen LogP contribution in [0.3, 0.4) is 0 Å². The van der Waals surface area contributed by atoms with Gasteiger partial charge >= 0.3 is 0 Å². The number of aromatic nitrogens is 3. The summed E-state index contributed by atoms with van der Waals surface area (Å²) in [5.74, 6) is -0.103. The molecule has 0 fully saturated rings. The van der Waals surface area contributed by atoms with Crippen molar-refractivity contribution in [2.45, 2.75) is 0 Å². The molecule has 2 aromatic heterocycles. The minimum absolute atomic E-state index is 0.330. The first-order valence-electron chi connectivity index (χ1n) is 4.27. The molecule has 2 rings (SSSR count). The van der Waals surface area contributed by atoms with Crippen molar-refractivity contribution in [3.8, 4) is 17.1 Å². The van der Waals surface area contributed by atoms with Crippen LogP contribution in [0.5, 0.6) is 5.88 Å². The monoisotopic (exact) mass is 205 g/mol. The summed E-state index contributed by atoms with van der Waals surface area (Å²) < 4.78 is 18.0. The zero-order chi connectivity index (χ0) is 10.7. The Morgan fingerprint density at radius 1 is 1.20 bits per heavy atom. The molecule has 0 aliphatic heterocycles. The lowest BCUT2D eigenvalue weighted by Crippen LogP contribution is -1.94. The molecule has 2 aromatic rings. The Kier molecular flexibility index (Phi) is 2.53. The van der Waals surface area contributed by atoms with Gasteiger partial charge in [-0.15, -0.1) is 0 Å². The Labute approximate surface area is 85.8 Å². The van der Waals surface area contributed by atoms with Crippen molar-refractivity contribution in [3.63, 3.8) is 0 Å². The van der Waals surface area contributed by atoms with Gasteiger partial charge in [0, 0.05) is 12.4 Å². The highest BCUT2D eigenvalue weighted by molar-refractivity contribution is 5.63. The second-order valence-corrected chi connectivity index (χ2v) is 2.80. The van der Waals surface area contributed by atoms with E-state index in [4.69, 9.17) is 4.74 Å². The predicted molar refractivity (Wildman–Crippen MR) is 51.8 cm³/mol. The van der Waals surface area contributed by atoms with Crippen molar-refractivity contribution in [2.75, 3.05) is 7.11 Å². The van der Waals surface area contributed by atoms with E-state index in [-0.39, 0.29) is 0 Å². The highest BCUT2D eigenvalue weighted by Gasteiger charge is 2.09. The van der Waals surface area contributed by atoms with Crippen molar-refractivity contribution in [1.82, 2.24) is 15.0 Å². The number of rotatable bonds is 2. The minimum atomic E-state index is -0.434. The fraction of sp³-hybridized carbons (Fsp3) is 0.100. The number of halogens is 1. The van der Waals surface area contributed by atoms with E-state index in [0.29, 0.717) is 17.1 Å². The molecule has 0 saturated carbocycles. The van der Waals surface area contributed by atoms with Crippen LogP contribution in [-0.2, 0) is 0 Å². The fourth-order valence-electron chi connectivity index (χ4n) is 1.21. The molecular formula is C10H8FN3O. The van der Waals surface area contributed by atoms with Crippen LogP contribution in [0.1, 0.15) is 0 Å². The number of nitrogens with zero attached hydrogens (tertiary/aromatic N) is 3. The third-order valence-corrected chi connectivity index (χ3v) is 1.85. The van der Waals surface area contributed by atoms with Gasteiger partial charge in [-0.05, 0) is 6.07 Å². The minimum Gasteiger partial charge on any atom is -0.481 e. The molecule has 4 nitrogen and oxygen atoms in total. The molecule has 0 saturated heterocycles. The van der Waals surface area contributed by atoms with Gasteiger partial charge in [0.05, 0.1) is 30.8 Å². The van der Waals surface area contributed by atoms with E-state index in [2.05, 4.69) is 15.0 Å². The molecule has 0 atom stereocenters. The topological polar surface area (TPSA) is 47.9 Å². The molecule has 0 bridgehead atoms. The van der Waals surface area contributed by atoms with Gasteiger partial charge in [0.25, 0.3) is 0 Å². The van der Waals surface area contributed by atoms with E-state index in [9.17, 15) is 4.39 Å². The zero-order valence-corrected chi connectivity index (χ0v) is 8.01. The van der Waals surface area contributed by atoms with Crippen molar-refractivity contribution < 1.29 is 9.13 Å². The summed E-state index contributed by atoms with van der Waals surface area (Å²) in [4.78, 5) is 11.8. The van der Waals surface area contributed by atoms with E-state index in [1.165, 1.54) is 25.6 Å². The van der Waals surface area contributed by atoms with Crippen molar-refractivity contribution in [1.29, 1.82) is 0 Å². The average molecular weight is 205 g/mol. The normalized spacial score (nSPS) is 10.0. The molecule has 15 heavy (non-hydrogen) atoms. The lowest BCUT2D eigenvalue weighted by molar-refractivity contribution is 0.397. The molecule has 0 aromatic carbocycles. The van der Waals surface area contributed by atoms with Crippen LogP contribution in [0.2, 0.25) is 0 Å². The van der Waals surface area contributed by atoms with Gasteiger partial charge in [-0.2, -0.15) is 0 Å². The molecule has 0 radical (unpaired) electrons. The van der Waals surface area contributed by atoms with E-state index in [1.807, 2.05) is 0 Å². The first kappa shape index (κ1) is 9.51. The quantitative estimate of drug-likeness (QED) is 0.748. The largest absolute Gasteiger partial charge is 0.481 e. The molecule has 5 heteroatoms. The summed E-state index contributed by atoms with van der Waals surface area (Å²) in [6.45, 7) is 0. The van der Waals surface area contributed by atoms with Crippen molar-refractivity contribution in [3.05, 3.63) is 36.7 Å². The van der Waals surface area contributed by atoms with Crippen LogP contribution in [0.4, 0.5) is 4.39 Å². The smallest absolute Gasteiger partial charge is 0.222 e. The van der Waals surface area contributed by atoms with Crippen LogP contribution in [0.25, 0.3) is 11.3 Å². The Morgan fingerprint density at radius 2 is 2.07 bits per heavy atom. The van der Waals surface area contributed by atoms with Crippen LogP contribution in [-0.4, -0.2) is 22.1 Å². The third-order valence-electron chi connectivity index (χ3n) is 1.85. The number of methoxy groups -OCH3 is 1. The van der Waals surface area contributed by atoms with E-state index in [1.54, 1.807) is 6.20 Å². The van der Waals surface area contributed by atoms with Gasteiger partial charge in [0.1, 0.15) is 5.82 Å². The molecule has 0 aliphatic rings. The van der Waals surface area contributed by atoms with Crippen molar-refractivity contribution in [2.24, 2.45) is 0 Å². The van der Waals surface area contributed by atoms with Gasteiger partial charge in [-0.25, -0.2) is 9.37 Å². The molecule has 0 N–H and O–H groups in total. The summed E-state index contributed by atoms with van der Waals surface area (Å²) in [5.41, 5.74) is 1.02. The maximum atomic E-state index is 13.0. The maximum absolute atomic E-state index is 13.0. The lowest BCUT2D eigenvalue weighted by Gasteiger charge is -2.05. The maximum Gasteiger partial charge on any atom is 0.222 e. The number of hydrogen-bond donors (Lipinski definition) is 0. The Balaban J connectivity index is 2.56. The van der Waals surface area contributed by atoms with Crippen LogP contribution < -0.4 is 4.74 Å². The highest BCUT2D eigenvalue weighted by atomic mass is 19.1. The third kappa shape index (κ3) is 1.90. The molecule has 0 spiro atoms. The van der Waals surface area contributed by atoms with E-state index < -0.39 is 5.82 Å². The molecule has 0 aliphatic carbocycles. The summed E-state index contributed by atoms with van der Waals surface area (Å²) in [7, 11) is 1.47. The van der Waals surface area contributed by atoms with Gasteiger partial charge < -0.3 is 4.74 Å². The average Bonchev–Trinajstić information content (AvgIpc) is 2.30. The number of hydrogen-bond acceptors (Lipinski definition) is 4. The van der Waals surface area contributed by atoms with Crippen molar-refractivity contribution >= 4 is 0 Å². The predicted octanol–water partition coefficient (Wildman–Crippen LogP) is 1.69. The second kappa shape index (κ2) is 4.00. The van der Waals surface area contributed by atoms with Crippen LogP contribution in [0, 0.1) is 5.82 Å². The Morgan fingerprint density at radius 3 is 2.73 bits per heavy atom. The highest BCUT2D eigenvalue weighted by Crippen LogP contribution is 2.25. The van der Waals surface area contributed by atoms with Gasteiger partial charge in [0.15, 0.2) is 0 Å². The van der Waals surface area contributed by atoms with Gasteiger partial charge in [-0.3, -0.25) is 9.97 Å². The van der Waals surface area contributed by atoms with Crippen LogP contribution in [0.15, 0.2) is 30.9 Å². The summed E-state index contributed by atoms with van der Waals surface area (Å²) in [6, 6.07) is 1.32. The van der Waals surface area contributed by atoms with Gasteiger partial charge in [0.2, 0.25) is 5.88 Å². The lowest BCUT2D eigenvalue weighted by atomic mass is 10.2. The van der Waals surface area contributed by atoms with Gasteiger partial charge in [-0.1, -0.05) is 0 Å². The Bertz CT molecular complexity index is 461. The van der Waals surface area contributed by atoms with E-state index in [0.717, 1.165) is 6.20 Å². The molecule has 0 amide bonds. The molecule has 0 unspecified atom stereocenters. The SMILES string of the molecule is COc1ncc(F)cc1-c1cnccn1. The standard InChI is InChI=1S/C10H8FN3O/c1-15-10-8(4-7(11)5-14-10)9-6-12-2-3-13-9/h2-6H,1H3. The first-order chi connectivity index (χ1) is 7.31. The number of pyridine rings is 1. The summed E-state index contributed by atoms with van der Waals surface area (Å²) >= 11 is 0. The zero-order valence-electron chi connectivity index (χ0n) is 8.01.